The first kappa shape index (κ1) is 8.98. The Bertz CT molecular complexity index is 234. The molecule has 3 heteroatoms. The van der Waals surface area contributed by atoms with Gasteiger partial charge in [-0.05, 0) is 26.7 Å². The lowest BCUT2D eigenvalue weighted by Crippen LogP contribution is -2.61. The van der Waals surface area contributed by atoms with E-state index in [1.807, 2.05) is 0 Å². The average molecular weight is 180 g/mol. The molecule has 0 radical (unpaired) electrons. The maximum absolute atomic E-state index is 8.91. The highest BCUT2D eigenvalue weighted by molar-refractivity contribution is 5.07. The average Bonchev–Trinajstić information content (AvgIpc) is 2.31. The van der Waals surface area contributed by atoms with Crippen LogP contribution in [-0.2, 0) is 4.74 Å². The molecule has 3 rings (SSSR count). The molecule has 3 heterocycles. The van der Waals surface area contributed by atoms with Gasteiger partial charge in [-0.3, -0.25) is 4.90 Å². The molecule has 13 heavy (non-hydrogen) atoms. The Morgan fingerprint density at radius 3 is 2.92 bits per heavy atom. The number of ether oxygens (including phenoxy) is 1. The molecule has 0 aromatic rings. The van der Waals surface area contributed by atoms with Crippen molar-refractivity contribution >= 4 is 0 Å². The third-order valence-electron chi connectivity index (χ3n) is 3.14. The molecule has 3 fully saturated rings. The fourth-order valence-corrected chi connectivity index (χ4v) is 2.57. The van der Waals surface area contributed by atoms with E-state index in [0.717, 1.165) is 19.4 Å². The molecule has 3 aliphatic rings. The van der Waals surface area contributed by atoms with Crippen LogP contribution in [0.2, 0.25) is 0 Å². The van der Waals surface area contributed by atoms with Crippen molar-refractivity contribution in [1.29, 1.82) is 5.26 Å². The summed E-state index contributed by atoms with van der Waals surface area (Å²) >= 11 is 0. The standard InChI is InChI=1S/C10H16N2O/c1-7(2)12-8-3-4-13-10(6-11)9(12)5-8/h7-10H,3-5H2,1-2H3/t8-,9-,10-/m1/s1. The first-order valence-electron chi connectivity index (χ1n) is 5.02. The van der Waals surface area contributed by atoms with Gasteiger partial charge in [-0.25, -0.2) is 0 Å². The van der Waals surface area contributed by atoms with E-state index in [1.54, 1.807) is 0 Å². The van der Waals surface area contributed by atoms with E-state index >= 15 is 0 Å². The number of nitriles is 1. The number of fused-ring (bicyclic) bond motifs is 3. The van der Waals surface area contributed by atoms with E-state index in [2.05, 4.69) is 24.8 Å². The smallest absolute Gasteiger partial charge is 0.159 e. The lowest BCUT2D eigenvalue weighted by Gasteiger charge is -2.50. The van der Waals surface area contributed by atoms with Crippen molar-refractivity contribution < 1.29 is 4.74 Å². The summed E-state index contributed by atoms with van der Waals surface area (Å²) in [5, 5.41) is 8.91. The Balaban J connectivity index is 2.11. The molecular formula is C10H16N2O. The molecule has 0 spiro atoms. The molecule has 0 amide bonds. The van der Waals surface area contributed by atoms with Crippen LogP contribution in [0.15, 0.2) is 0 Å². The van der Waals surface area contributed by atoms with Crippen LogP contribution < -0.4 is 0 Å². The highest BCUT2D eigenvalue weighted by Gasteiger charge is 2.46. The minimum absolute atomic E-state index is 0.193. The Kier molecular flexibility index (Phi) is 2.27. The normalized spacial score (nSPS) is 39.4. The van der Waals surface area contributed by atoms with Gasteiger partial charge in [0.25, 0.3) is 0 Å². The lowest BCUT2D eigenvalue weighted by molar-refractivity contribution is -0.0407. The SMILES string of the molecule is CC(C)N1[C@@H]2CCO[C@H](C#N)[C@H]1C2. The fraction of sp³-hybridized carbons (Fsp3) is 0.900. The van der Waals surface area contributed by atoms with Gasteiger partial charge in [0.05, 0.1) is 12.1 Å². The number of nitrogens with zero attached hydrogens (tertiary/aromatic N) is 2. The zero-order valence-corrected chi connectivity index (χ0v) is 8.23. The maximum Gasteiger partial charge on any atom is 0.159 e. The fourth-order valence-electron chi connectivity index (χ4n) is 2.57. The summed E-state index contributed by atoms with van der Waals surface area (Å²) in [6.45, 7) is 5.14. The lowest BCUT2D eigenvalue weighted by atomic mass is 9.87. The molecule has 0 aromatic carbocycles. The van der Waals surface area contributed by atoms with Crippen molar-refractivity contribution in [2.75, 3.05) is 6.61 Å². The summed E-state index contributed by atoms with van der Waals surface area (Å²) in [4.78, 5) is 2.43. The van der Waals surface area contributed by atoms with Gasteiger partial charge >= 0.3 is 0 Å². The monoisotopic (exact) mass is 180 g/mol. The largest absolute Gasteiger partial charge is 0.362 e. The summed E-state index contributed by atoms with van der Waals surface area (Å²) < 4.78 is 5.48. The van der Waals surface area contributed by atoms with Crippen LogP contribution in [-0.4, -0.2) is 35.7 Å². The quantitative estimate of drug-likeness (QED) is 0.607. The number of hydrogen-bond donors (Lipinski definition) is 0. The second kappa shape index (κ2) is 3.28. The van der Waals surface area contributed by atoms with Gasteiger partial charge in [-0.2, -0.15) is 5.26 Å². The van der Waals surface area contributed by atoms with Gasteiger partial charge in [0.15, 0.2) is 6.10 Å². The van der Waals surface area contributed by atoms with Gasteiger partial charge in [0.2, 0.25) is 0 Å². The van der Waals surface area contributed by atoms with Crippen molar-refractivity contribution in [3.8, 4) is 6.07 Å². The van der Waals surface area contributed by atoms with E-state index < -0.39 is 0 Å². The van der Waals surface area contributed by atoms with Crippen molar-refractivity contribution in [1.82, 2.24) is 4.90 Å². The van der Waals surface area contributed by atoms with Gasteiger partial charge in [-0.1, -0.05) is 0 Å². The van der Waals surface area contributed by atoms with Gasteiger partial charge in [0, 0.05) is 18.7 Å². The van der Waals surface area contributed by atoms with Crippen LogP contribution in [0.3, 0.4) is 0 Å². The Hall–Kier alpha value is -0.590. The van der Waals surface area contributed by atoms with Gasteiger partial charge in [0.1, 0.15) is 0 Å². The predicted octanol–water partition coefficient (Wildman–Crippen LogP) is 1.15. The Labute approximate surface area is 79.3 Å². The van der Waals surface area contributed by atoms with Crippen molar-refractivity contribution in [2.45, 2.75) is 50.9 Å². The molecule has 0 unspecified atom stereocenters. The second-order valence-electron chi connectivity index (χ2n) is 4.21. The Morgan fingerprint density at radius 2 is 2.31 bits per heavy atom. The highest BCUT2D eigenvalue weighted by Crippen LogP contribution is 2.36. The molecule has 0 aromatic heterocycles. The van der Waals surface area contributed by atoms with E-state index in [4.69, 9.17) is 10.00 Å². The van der Waals surface area contributed by atoms with Crippen LogP contribution >= 0.6 is 0 Å². The van der Waals surface area contributed by atoms with Gasteiger partial charge < -0.3 is 4.74 Å². The first-order chi connectivity index (χ1) is 6.24. The summed E-state index contributed by atoms with van der Waals surface area (Å²) in [6.07, 6.45) is 2.05. The van der Waals surface area contributed by atoms with Crippen molar-refractivity contribution in [2.24, 2.45) is 0 Å². The van der Waals surface area contributed by atoms with E-state index in [1.165, 1.54) is 0 Å². The molecule has 2 bridgehead atoms. The zero-order valence-electron chi connectivity index (χ0n) is 8.23. The van der Waals surface area contributed by atoms with Crippen LogP contribution in [0.4, 0.5) is 0 Å². The topological polar surface area (TPSA) is 36.3 Å². The Morgan fingerprint density at radius 1 is 1.54 bits per heavy atom. The molecule has 3 aliphatic heterocycles. The number of hydrogen-bond acceptors (Lipinski definition) is 3. The molecular weight excluding hydrogens is 164 g/mol. The molecule has 3 saturated heterocycles. The van der Waals surface area contributed by atoms with Crippen molar-refractivity contribution in [3.63, 3.8) is 0 Å². The molecule has 0 aliphatic carbocycles. The molecule has 0 N–H and O–H groups in total. The van der Waals surface area contributed by atoms with Crippen LogP contribution in [0.1, 0.15) is 26.7 Å². The van der Waals surface area contributed by atoms with Crippen molar-refractivity contribution in [3.05, 3.63) is 0 Å². The predicted molar refractivity (Wildman–Crippen MR) is 49.1 cm³/mol. The molecule has 0 saturated carbocycles. The van der Waals surface area contributed by atoms with E-state index in [-0.39, 0.29) is 6.10 Å². The number of rotatable bonds is 1. The zero-order chi connectivity index (χ0) is 9.42. The third kappa shape index (κ3) is 1.34. The second-order valence-corrected chi connectivity index (χ2v) is 4.21. The van der Waals surface area contributed by atoms with E-state index in [0.29, 0.717) is 18.1 Å². The highest BCUT2D eigenvalue weighted by atomic mass is 16.5. The minimum atomic E-state index is -0.193. The van der Waals surface area contributed by atoms with Gasteiger partial charge in [-0.15, -0.1) is 0 Å². The van der Waals surface area contributed by atoms with E-state index in [9.17, 15) is 0 Å². The first-order valence-corrected chi connectivity index (χ1v) is 5.02. The minimum Gasteiger partial charge on any atom is -0.362 e. The summed E-state index contributed by atoms with van der Waals surface area (Å²) in [7, 11) is 0. The summed E-state index contributed by atoms with van der Waals surface area (Å²) in [5.41, 5.74) is 0. The molecule has 3 nitrogen and oxygen atoms in total. The molecule has 3 atom stereocenters. The van der Waals surface area contributed by atoms with Crippen LogP contribution in [0.25, 0.3) is 0 Å². The summed E-state index contributed by atoms with van der Waals surface area (Å²) in [6, 6.07) is 3.82. The van der Waals surface area contributed by atoms with Crippen LogP contribution in [0, 0.1) is 11.3 Å². The summed E-state index contributed by atoms with van der Waals surface area (Å²) in [5.74, 6) is 0. The maximum atomic E-state index is 8.91. The van der Waals surface area contributed by atoms with Crippen LogP contribution in [0.5, 0.6) is 0 Å². The molecule has 72 valence electrons. The third-order valence-corrected chi connectivity index (χ3v) is 3.14.